The molecular formula is C30H38N4O3. The minimum atomic E-state index is 0.0763. The molecule has 2 heterocycles. The number of rotatable bonds is 6. The maximum absolute atomic E-state index is 12.5. The predicted molar refractivity (Wildman–Crippen MR) is 152 cm³/mol. The summed E-state index contributed by atoms with van der Waals surface area (Å²) < 4.78 is 12.5. The van der Waals surface area contributed by atoms with Crippen LogP contribution in [0.5, 0.6) is 5.75 Å². The molecule has 0 spiro atoms. The first-order chi connectivity index (χ1) is 18.1. The Hall–Kier alpha value is -3.65. The molecule has 1 saturated heterocycles. The Kier molecular flexibility index (Phi) is 10.7. The largest absolute Gasteiger partial charge is 0.495 e. The van der Waals surface area contributed by atoms with Gasteiger partial charge in [-0.05, 0) is 25.2 Å². The van der Waals surface area contributed by atoms with Gasteiger partial charge < -0.3 is 24.7 Å². The van der Waals surface area contributed by atoms with Crippen molar-refractivity contribution < 1.29 is 14.3 Å². The van der Waals surface area contributed by atoms with Crippen molar-refractivity contribution in [2.24, 2.45) is 12.8 Å². The number of hydrogen-bond donors (Lipinski definition) is 1. The molecule has 0 atom stereocenters. The number of nitrogens with two attached hydrogens (primary N) is 1. The summed E-state index contributed by atoms with van der Waals surface area (Å²) >= 11 is 0. The van der Waals surface area contributed by atoms with E-state index in [1.807, 2.05) is 84.5 Å². The average molecular weight is 503 g/mol. The van der Waals surface area contributed by atoms with Crippen molar-refractivity contribution in [1.82, 2.24) is 9.47 Å². The van der Waals surface area contributed by atoms with E-state index < -0.39 is 0 Å². The van der Waals surface area contributed by atoms with Crippen LogP contribution in [0.4, 0.5) is 5.69 Å². The summed E-state index contributed by atoms with van der Waals surface area (Å²) in [5.41, 5.74) is 8.26. The molecule has 0 unspecified atom stereocenters. The number of aromatic nitrogens is 1. The van der Waals surface area contributed by atoms with Gasteiger partial charge in [-0.3, -0.25) is 9.69 Å². The number of methoxy groups -OCH3 is 2. The molecule has 5 rings (SSSR count). The van der Waals surface area contributed by atoms with E-state index in [1.54, 1.807) is 14.2 Å². The number of nitrogens with zero attached hydrogens (tertiary/aromatic N) is 3. The van der Waals surface area contributed by atoms with Crippen LogP contribution in [-0.4, -0.2) is 69.4 Å². The second-order valence-corrected chi connectivity index (χ2v) is 8.56. The topological polar surface area (TPSA) is 73.0 Å². The van der Waals surface area contributed by atoms with E-state index in [2.05, 4.69) is 27.7 Å². The summed E-state index contributed by atoms with van der Waals surface area (Å²) in [5.74, 6) is 1.03. The lowest BCUT2D eigenvalue weighted by Crippen LogP contribution is -2.47. The van der Waals surface area contributed by atoms with Crippen molar-refractivity contribution in [2.45, 2.75) is 0 Å². The molecule has 7 heteroatoms. The van der Waals surface area contributed by atoms with Crippen LogP contribution in [0.25, 0.3) is 10.9 Å². The van der Waals surface area contributed by atoms with Crippen LogP contribution in [-0.2, 0) is 11.8 Å². The van der Waals surface area contributed by atoms with Gasteiger partial charge in [0.2, 0.25) is 0 Å². The summed E-state index contributed by atoms with van der Waals surface area (Å²) in [6, 6.07) is 25.5. The van der Waals surface area contributed by atoms with Gasteiger partial charge in [-0.2, -0.15) is 0 Å². The number of carbonyl (C=O) groups is 1. The van der Waals surface area contributed by atoms with E-state index in [9.17, 15) is 4.79 Å². The number of para-hydroxylation sites is 3. The Labute approximate surface area is 220 Å². The summed E-state index contributed by atoms with van der Waals surface area (Å²) in [6.07, 6.45) is 1.90. The maximum atomic E-state index is 12.5. The number of hydrogen-bond acceptors (Lipinski definition) is 6. The molecule has 0 radical (unpaired) electrons. The highest BCUT2D eigenvalue weighted by atomic mass is 16.5. The highest BCUT2D eigenvalue weighted by Crippen LogP contribution is 2.28. The van der Waals surface area contributed by atoms with E-state index in [4.69, 9.17) is 9.47 Å². The van der Waals surface area contributed by atoms with Crippen LogP contribution in [0.2, 0.25) is 0 Å². The molecule has 196 valence electrons. The summed E-state index contributed by atoms with van der Waals surface area (Å²) in [5, 5.41) is 1.01. The molecule has 1 aliphatic heterocycles. The van der Waals surface area contributed by atoms with Crippen LogP contribution < -0.4 is 15.4 Å². The number of ether oxygens (including phenoxy) is 2. The molecule has 2 N–H and O–H groups in total. The van der Waals surface area contributed by atoms with Gasteiger partial charge in [0.15, 0.2) is 5.78 Å². The maximum Gasteiger partial charge on any atom is 0.195 e. The fraction of sp³-hybridized carbons (Fsp3) is 0.300. The lowest BCUT2D eigenvalue weighted by molar-refractivity contribution is 0.0595. The molecule has 1 fully saturated rings. The third kappa shape index (κ3) is 6.98. The third-order valence-corrected chi connectivity index (χ3v) is 6.29. The van der Waals surface area contributed by atoms with Crippen molar-refractivity contribution in [2.75, 3.05) is 59.1 Å². The molecule has 37 heavy (non-hydrogen) atoms. The van der Waals surface area contributed by atoms with Crippen LogP contribution in [0.3, 0.4) is 0 Å². The van der Waals surface area contributed by atoms with Crippen molar-refractivity contribution >= 4 is 22.4 Å². The zero-order valence-corrected chi connectivity index (χ0v) is 22.3. The molecule has 4 aromatic rings. The molecule has 0 saturated carbocycles. The van der Waals surface area contributed by atoms with Gasteiger partial charge in [-0.15, -0.1) is 0 Å². The lowest BCUT2D eigenvalue weighted by Gasteiger charge is -2.36. The van der Waals surface area contributed by atoms with E-state index in [0.29, 0.717) is 0 Å². The monoisotopic (exact) mass is 502 g/mol. The number of ketones is 1. The van der Waals surface area contributed by atoms with Crippen molar-refractivity contribution in [3.63, 3.8) is 0 Å². The summed E-state index contributed by atoms with van der Waals surface area (Å²) in [6.45, 7) is 4.82. The first-order valence-corrected chi connectivity index (χ1v) is 12.4. The Balaban J connectivity index is 0.000000193. The number of piperazine rings is 1. The molecule has 1 aromatic heterocycles. The van der Waals surface area contributed by atoms with Gasteiger partial charge in [0, 0.05) is 68.6 Å². The van der Waals surface area contributed by atoms with Gasteiger partial charge >= 0.3 is 0 Å². The van der Waals surface area contributed by atoms with Crippen molar-refractivity contribution in [1.29, 1.82) is 0 Å². The number of aryl methyl sites for hydroxylation is 1. The number of benzene rings is 3. The first kappa shape index (κ1) is 27.9. The highest BCUT2D eigenvalue weighted by molar-refractivity contribution is 6.16. The smallest absolute Gasteiger partial charge is 0.195 e. The standard InChI is InChI=1S/C16H13NO.C13H20N2O2.CH5N/c1-17-11-14(13-9-5-6-10-15(13)17)16(18)12-7-3-2-4-8-12;1-16-11-14-7-9-15(10-8-14)12-5-3-4-6-13(12)17-2;1-2/h2-11H,1H3;3-6H,7-11H2,1-2H3;2H2,1H3. The molecule has 0 amide bonds. The van der Waals surface area contributed by atoms with Crippen molar-refractivity contribution in [3.05, 3.63) is 96.2 Å². The van der Waals surface area contributed by atoms with Crippen LogP contribution in [0.15, 0.2) is 85.1 Å². The van der Waals surface area contributed by atoms with E-state index in [0.717, 1.165) is 60.7 Å². The molecule has 3 aromatic carbocycles. The number of carbonyl (C=O) groups excluding carboxylic acids is 1. The van der Waals surface area contributed by atoms with E-state index in [1.165, 1.54) is 12.7 Å². The predicted octanol–water partition coefficient (Wildman–Crippen LogP) is 4.41. The van der Waals surface area contributed by atoms with Crippen LogP contribution >= 0.6 is 0 Å². The lowest BCUT2D eigenvalue weighted by atomic mass is 10.0. The summed E-state index contributed by atoms with van der Waals surface area (Å²) in [7, 11) is 6.93. The molecule has 0 aliphatic carbocycles. The number of anilines is 1. The third-order valence-electron chi connectivity index (χ3n) is 6.29. The Morgan fingerprint density at radius 2 is 1.46 bits per heavy atom. The second kappa shape index (κ2) is 14.2. The fourth-order valence-electron chi connectivity index (χ4n) is 4.46. The van der Waals surface area contributed by atoms with E-state index >= 15 is 0 Å². The number of fused-ring (bicyclic) bond motifs is 1. The Bertz CT molecular complexity index is 1250. The van der Waals surface area contributed by atoms with Gasteiger partial charge in [-0.1, -0.05) is 60.7 Å². The Morgan fingerprint density at radius 1 is 0.838 bits per heavy atom. The minimum Gasteiger partial charge on any atom is -0.495 e. The SMILES string of the molecule is CN.COCN1CCN(c2ccccc2OC)CC1.Cn1cc(C(=O)c2ccccc2)c2ccccc21. The average Bonchev–Trinajstić information content (AvgIpc) is 3.31. The first-order valence-electron chi connectivity index (χ1n) is 12.4. The van der Waals surface area contributed by atoms with Crippen LogP contribution in [0, 0.1) is 0 Å². The minimum absolute atomic E-state index is 0.0763. The van der Waals surface area contributed by atoms with Gasteiger partial charge in [0.1, 0.15) is 5.75 Å². The van der Waals surface area contributed by atoms with E-state index in [-0.39, 0.29) is 5.78 Å². The molecular weight excluding hydrogens is 464 g/mol. The molecule has 1 aliphatic rings. The molecule has 0 bridgehead atoms. The second-order valence-electron chi connectivity index (χ2n) is 8.56. The molecule has 7 nitrogen and oxygen atoms in total. The fourth-order valence-corrected chi connectivity index (χ4v) is 4.46. The van der Waals surface area contributed by atoms with Gasteiger partial charge in [0.05, 0.1) is 19.5 Å². The highest BCUT2D eigenvalue weighted by Gasteiger charge is 2.19. The van der Waals surface area contributed by atoms with Crippen molar-refractivity contribution in [3.8, 4) is 5.75 Å². The van der Waals surface area contributed by atoms with Gasteiger partial charge in [0.25, 0.3) is 0 Å². The zero-order chi connectivity index (χ0) is 26.6. The zero-order valence-electron chi connectivity index (χ0n) is 22.3. The normalized spacial score (nSPS) is 13.3. The Morgan fingerprint density at radius 3 is 2.14 bits per heavy atom. The van der Waals surface area contributed by atoms with Gasteiger partial charge in [-0.25, -0.2) is 0 Å². The van der Waals surface area contributed by atoms with Crippen LogP contribution in [0.1, 0.15) is 15.9 Å². The summed E-state index contributed by atoms with van der Waals surface area (Å²) in [4.78, 5) is 17.1. The quantitative estimate of drug-likeness (QED) is 0.394.